The van der Waals surface area contributed by atoms with E-state index in [1.807, 2.05) is 69.4 Å². The van der Waals surface area contributed by atoms with Gasteiger partial charge < -0.3 is 39.0 Å². The van der Waals surface area contributed by atoms with Crippen LogP contribution in [-0.4, -0.2) is 151 Å². The highest BCUT2D eigenvalue weighted by Crippen LogP contribution is 2.43. The van der Waals surface area contributed by atoms with Gasteiger partial charge in [-0.1, -0.05) is 70.2 Å². The maximum absolute atomic E-state index is 14.9. The van der Waals surface area contributed by atoms with Gasteiger partial charge in [0.25, 0.3) is 11.8 Å². The van der Waals surface area contributed by atoms with E-state index < -0.39 is 57.3 Å². The van der Waals surface area contributed by atoms with Crippen LogP contribution in [0, 0.1) is 11.3 Å². The van der Waals surface area contributed by atoms with Crippen LogP contribution < -0.4 is 10.7 Å². The number of amides is 3. The number of aromatic hydroxyl groups is 1. The summed E-state index contributed by atoms with van der Waals surface area (Å²) in [4.78, 5) is 67.1. The summed E-state index contributed by atoms with van der Waals surface area (Å²) in [5.74, 6) is -2.01. The van der Waals surface area contributed by atoms with Crippen molar-refractivity contribution in [1.82, 2.24) is 35.1 Å². The van der Waals surface area contributed by atoms with Crippen molar-refractivity contribution in [2.45, 2.75) is 129 Å². The molecule has 0 aliphatic carbocycles. The van der Waals surface area contributed by atoms with Gasteiger partial charge in [-0.2, -0.15) is 0 Å². The molecule has 2 aromatic heterocycles. The second-order valence-electron chi connectivity index (χ2n) is 23.2. The molecule has 5 aromatic rings. The molecule has 6 bridgehead atoms. The Bertz CT molecular complexity index is 3150. The Morgan fingerprint density at radius 1 is 0.987 bits per heavy atom. The van der Waals surface area contributed by atoms with Gasteiger partial charge in [0.1, 0.15) is 30.0 Å². The predicted octanol–water partition coefficient (Wildman–Crippen LogP) is 7.17. The normalized spacial score (nSPS) is 22.5. The van der Waals surface area contributed by atoms with E-state index in [9.17, 15) is 32.7 Å². The molecule has 6 unspecified atom stereocenters. The van der Waals surface area contributed by atoms with Gasteiger partial charge in [0.2, 0.25) is 5.91 Å². The van der Waals surface area contributed by atoms with Crippen molar-refractivity contribution in [2.24, 2.45) is 11.3 Å². The van der Waals surface area contributed by atoms with Crippen molar-refractivity contribution in [1.29, 1.82) is 0 Å². The summed E-state index contributed by atoms with van der Waals surface area (Å²) < 4.78 is 44.8. The number of aryl methyl sites for hydroxylation is 2. The lowest BCUT2D eigenvalue weighted by Crippen LogP contribution is -2.62. The van der Waals surface area contributed by atoms with Crippen molar-refractivity contribution in [3.05, 3.63) is 107 Å². The van der Waals surface area contributed by atoms with E-state index in [2.05, 4.69) is 59.2 Å². The fourth-order valence-electron chi connectivity index (χ4n) is 12.2. The van der Waals surface area contributed by atoms with Gasteiger partial charge in [-0.25, -0.2) is 13.8 Å². The molecule has 79 heavy (non-hydrogen) atoms. The molecule has 6 atom stereocenters. The maximum Gasteiger partial charge on any atom is 0.324 e. The number of carbonyl (C=O) groups is 4. The lowest BCUT2D eigenvalue weighted by molar-refractivity contribution is -0.155. The minimum absolute atomic E-state index is 0.0204. The van der Waals surface area contributed by atoms with Gasteiger partial charge in [0.05, 0.1) is 35.6 Å². The zero-order chi connectivity index (χ0) is 56.3. The molecule has 3 amide bonds. The number of rotatable bonds is 14. The number of nitrogens with zero attached hydrogens (tertiary/aromatic N) is 5. The number of carbonyl (C=O) groups excluding carboxylic acids is 4. The minimum atomic E-state index is -2.98. The van der Waals surface area contributed by atoms with E-state index in [-0.39, 0.29) is 60.7 Å². The van der Waals surface area contributed by atoms with Crippen LogP contribution in [0.1, 0.15) is 107 Å². The number of likely N-dealkylation sites (N-methyl/N-ethyl adjacent to an activating group) is 1. The lowest BCUT2D eigenvalue weighted by atomic mass is 9.84. The summed E-state index contributed by atoms with van der Waals surface area (Å²) in [6.45, 7) is 15.2. The third kappa shape index (κ3) is 12.9. The van der Waals surface area contributed by atoms with Gasteiger partial charge in [0.15, 0.2) is 9.84 Å². The Morgan fingerprint density at radius 3 is 2.47 bits per heavy atom. The van der Waals surface area contributed by atoms with Crippen LogP contribution in [0.15, 0.2) is 79.0 Å². The summed E-state index contributed by atoms with van der Waals surface area (Å²) in [6.07, 6.45) is 4.40. The number of methoxy groups -OCH3 is 1. The van der Waals surface area contributed by atoms with Gasteiger partial charge in [0, 0.05) is 87.4 Å². The van der Waals surface area contributed by atoms with Crippen LogP contribution >= 0.6 is 0 Å². The molecule has 0 radical (unpaired) electrons. The van der Waals surface area contributed by atoms with E-state index in [1.54, 1.807) is 26.3 Å². The number of cyclic esters (lactones) is 1. The predicted molar refractivity (Wildman–Crippen MR) is 304 cm³/mol. The summed E-state index contributed by atoms with van der Waals surface area (Å²) in [7, 11) is 0.302. The standard InChI is InChI=1S/C61H79N7O10S/c1-9-67-52-20-19-43-34-47(52)49(55(67)48-31-40(36-62-53(48)39(4)76-8)15-13-22-66-24-27-79(74,75)28-25-66)35-61(5,6)37-78-60(73)50-18-14-23-68(64-50)58(71)51(32-41-29-44(43)33-45(69)30-41)63-57(70)54(38(2)3)65(7)59(72)56-46(21-26-77-56)42-16-11-10-12-17-42/h10-12,16-17,19-20,29-31,33-34,36,38-39,46,50-51,54,56,64,69H,9,13-15,18,21-28,32,35,37H2,1-8H3,(H,63,70). The summed E-state index contributed by atoms with van der Waals surface area (Å²) in [6, 6.07) is 20.5. The molecule has 17 nitrogen and oxygen atoms in total. The summed E-state index contributed by atoms with van der Waals surface area (Å²) in [5, 5.41) is 17.0. The van der Waals surface area contributed by atoms with Crippen molar-refractivity contribution in [3.63, 3.8) is 0 Å². The lowest BCUT2D eigenvalue weighted by Gasteiger charge is -2.37. The van der Waals surface area contributed by atoms with Crippen LogP contribution in [0.25, 0.3) is 33.3 Å². The van der Waals surface area contributed by atoms with Crippen LogP contribution in [0.3, 0.4) is 0 Å². The highest BCUT2D eigenvalue weighted by Gasteiger charge is 2.42. The molecule has 3 fully saturated rings. The molecule has 6 heterocycles. The third-order valence-corrected chi connectivity index (χ3v) is 18.0. The van der Waals surface area contributed by atoms with Crippen molar-refractivity contribution >= 4 is 44.4 Å². The average molecular weight is 1100 g/mol. The smallest absolute Gasteiger partial charge is 0.324 e. The number of pyridine rings is 1. The number of aromatic nitrogens is 2. The third-order valence-electron chi connectivity index (χ3n) is 16.4. The largest absolute Gasteiger partial charge is 0.508 e. The number of phenols is 1. The Labute approximate surface area is 465 Å². The first-order chi connectivity index (χ1) is 37.7. The fraction of sp³-hybridized carbons (Fsp3) is 0.525. The van der Waals surface area contributed by atoms with E-state index in [1.165, 1.54) is 9.91 Å². The molecule has 3 saturated heterocycles. The first kappa shape index (κ1) is 57.5. The Morgan fingerprint density at radius 2 is 1.75 bits per heavy atom. The molecule has 18 heteroatoms. The number of benzene rings is 3. The van der Waals surface area contributed by atoms with Gasteiger partial charge >= 0.3 is 5.97 Å². The SMILES string of the molecule is CCn1c(-c2cc(CCCN3CCS(=O)(=O)CC3)cnc2C(C)OC)c2c3cc(ccc31)-c1cc(O)cc(c1)CC(NC(=O)C(C(C)C)N(C)C(=O)C1OCCC1c1ccccc1)C(=O)N1CCCC(N1)C(=O)OCC(C)(C)C2. The number of nitrogens with one attached hydrogen (secondary N) is 2. The molecule has 0 spiro atoms. The number of phenolic OH excluding ortho intramolecular Hbond substituents is 1. The van der Waals surface area contributed by atoms with Crippen molar-refractivity contribution < 1.29 is 46.9 Å². The first-order valence-corrected chi connectivity index (χ1v) is 30.0. The van der Waals surface area contributed by atoms with E-state index >= 15 is 0 Å². The number of ether oxygens (including phenoxy) is 3. The number of hydrogen-bond donors (Lipinski definition) is 3. The van der Waals surface area contributed by atoms with Crippen molar-refractivity contribution in [3.8, 4) is 28.1 Å². The van der Waals surface area contributed by atoms with Gasteiger partial charge in [-0.3, -0.25) is 29.2 Å². The first-order valence-electron chi connectivity index (χ1n) is 28.2. The van der Waals surface area contributed by atoms with Gasteiger partial charge in [-0.15, -0.1) is 0 Å². The number of hydrazine groups is 1. The second kappa shape index (κ2) is 24.3. The second-order valence-corrected chi connectivity index (χ2v) is 25.5. The monoisotopic (exact) mass is 1100 g/mol. The molecule has 4 aliphatic heterocycles. The van der Waals surface area contributed by atoms with Crippen LogP contribution in [-0.2, 0) is 69.0 Å². The van der Waals surface area contributed by atoms with Crippen LogP contribution in [0.5, 0.6) is 5.75 Å². The number of hydrogen-bond acceptors (Lipinski definition) is 13. The molecule has 3 aromatic carbocycles. The molecule has 0 saturated carbocycles. The number of sulfone groups is 1. The topological polar surface area (TPSA) is 202 Å². The van der Waals surface area contributed by atoms with Crippen LogP contribution in [0.2, 0.25) is 0 Å². The number of esters is 1. The van der Waals surface area contributed by atoms with E-state index in [0.717, 1.165) is 69.5 Å². The Balaban J connectivity index is 1.09. The molecule has 9 rings (SSSR count). The summed E-state index contributed by atoms with van der Waals surface area (Å²) in [5.41, 5.74) is 11.4. The average Bonchev–Trinajstić information content (AvgIpc) is 4.28. The highest BCUT2D eigenvalue weighted by atomic mass is 32.2. The van der Waals surface area contributed by atoms with E-state index in [0.29, 0.717) is 63.1 Å². The zero-order valence-corrected chi connectivity index (χ0v) is 47.9. The number of fused-ring (bicyclic) bond motifs is 6. The Hall–Kier alpha value is -6.18. The van der Waals surface area contributed by atoms with Crippen LogP contribution in [0.4, 0.5) is 0 Å². The fourth-order valence-corrected chi connectivity index (χ4v) is 13.4. The maximum atomic E-state index is 14.9. The highest BCUT2D eigenvalue weighted by molar-refractivity contribution is 7.91. The molecule has 424 valence electrons. The molecular weight excluding hydrogens is 1020 g/mol. The minimum Gasteiger partial charge on any atom is -0.508 e. The Kier molecular flexibility index (Phi) is 17.7. The molecule has 4 aliphatic rings. The quantitative estimate of drug-likeness (QED) is 0.0946. The summed E-state index contributed by atoms with van der Waals surface area (Å²) >= 11 is 0. The zero-order valence-electron chi connectivity index (χ0n) is 47.1. The molecule has 3 N–H and O–H groups in total. The molecular formula is C61H79N7O10S. The van der Waals surface area contributed by atoms with Crippen molar-refractivity contribution in [2.75, 3.05) is 65.1 Å². The van der Waals surface area contributed by atoms with Gasteiger partial charge in [-0.05, 0) is 129 Å². The van der Waals surface area contributed by atoms with E-state index in [4.69, 9.17) is 19.2 Å².